The maximum Gasteiger partial charge on any atom is 0.151 e. The summed E-state index contributed by atoms with van der Waals surface area (Å²) in [6.45, 7) is 0. The van der Waals surface area contributed by atoms with Crippen LogP contribution in [0.2, 0.25) is 0 Å². The van der Waals surface area contributed by atoms with Gasteiger partial charge in [-0.1, -0.05) is 48.5 Å². The molecule has 0 unspecified atom stereocenters. The molecular weight excluding hydrogens is 344 g/mol. The monoisotopic (exact) mass is 357 g/mol. The van der Waals surface area contributed by atoms with Crippen molar-refractivity contribution in [2.75, 3.05) is 0 Å². The van der Waals surface area contributed by atoms with Crippen LogP contribution < -0.4 is 0 Å². The van der Waals surface area contributed by atoms with Crippen molar-refractivity contribution in [3.05, 3.63) is 90.6 Å². The Kier molecular flexibility index (Phi) is 3.47. The molecule has 2 aromatic heterocycles. The number of hydrogen-bond acceptors (Lipinski definition) is 2. The number of fused-ring (bicyclic) bond motifs is 3. The van der Waals surface area contributed by atoms with E-state index in [4.69, 9.17) is 0 Å². The molecule has 27 heavy (non-hydrogen) atoms. The first kappa shape index (κ1) is 15.6. The Labute approximate surface area is 153 Å². The first-order chi connectivity index (χ1) is 13.2. The van der Waals surface area contributed by atoms with Crippen molar-refractivity contribution in [3.63, 3.8) is 0 Å². The molecule has 0 saturated carbocycles. The lowest BCUT2D eigenvalue weighted by Gasteiger charge is -2.07. The Morgan fingerprint density at radius 2 is 1.56 bits per heavy atom. The van der Waals surface area contributed by atoms with Crippen LogP contribution in [0.25, 0.3) is 38.8 Å². The largest absolute Gasteiger partial charge is 0.255 e. The van der Waals surface area contributed by atoms with Crippen molar-refractivity contribution in [2.24, 2.45) is 0 Å². The van der Waals surface area contributed by atoms with Crippen molar-refractivity contribution in [3.8, 4) is 16.9 Å². The highest BCUT2D eigenvalue weighted by Gasteiger charge is 2.18. The fourth-order valence-electron chi connectivity index (χ4n) is 3.37. The fraction of sp³-hybridized carbons (Fsp3) is 0. The normalized spacial score (nSPS) is 11.3. The third-order valence-electron chi connectivity index (χ3n) is 4.60. The first-order valence-corrected chi connectivity index (χ1v) is 8.50. The smallest absolute Gasteiger partial charge is 0.151 e. The van der Waals surface area contributed by atoms with E-state index in [-0.39, 0.29) is 5.69 Å². The van der Waals surface area contributed by atoms with Gasteiger partial charge in [-0.2, -0.15) is 5.10 Å². The van der Waals surface area contributed by atoms with Crippen molar-refractivity contribution < 1.29 is 8.78 Å². The van der Waals surface area contributed by atoms with E-state index in [0.29, 0.717) is 5.69 Å². The Balaban J connectivity index is 1.93. The summed E-state index contributed by atoms with van der Waals surface area (Å²) in [5.74, 6) is -1.29. The molecule has 3 nitrogen and oxygen atoms in total. The van der Waals surface area contributed by atoms with Crippen LogP contribution in [0, 0.1) is 11.6 Å². The number of benzene rings is 3. The number of rotatable bonds is 2. The number of halogens is 2. The Bertz CT molecular complexity index is 1290. The van der Waals surface area contributed by atoms with E-state index in [1.165, 1.54) is 16.8 Å². The molecule has 0 aliphatic carbocycles. The average molecular weight is 357 g/mol. The van der Waals surface area contributed by atoms with Crippen LogP contribution in [0.15, 0.2) is 79.0 Å². The summed E-state index contributed by atoms with van der Waals surface area (Å²) in [6, 6.07) is 20.8. The van der Waals surface area contributed by atoms with E-state index in [9.17, 15) is 8.78 Å². The highest BCUT2D eigenvalue weighted by atomic mass is 19.1. The minimum absolute atomic E-state index is 0.194. The molecule has 130 valence electrons. The number of pyridine rings is 1. The SMILES string of the molecule is Fc1ccc(-n2nc(-c3ccccc3)c3cnc4ccccc4c32)c(F)c1. The Morgan fingerprint density at radius 3 is 2.37 bits per heavy atom. The van der Waals surface area contributed by atoms with Crippen molar-refractivity contribution in [1.29, 1.82) is 0 Å². The maximum absolute atomic E-state index is 14.6. The number of nitrogens with zero attached hydrogens (tertiary/aromatic N) is 3. The third-order valence-corrected chi connectivity index (χ3v) is 4.60. The van der Waals surface area contributed by atoms with Crippen LogP contribution in [0.5, 0.6) is 0 Å². The predicted octanol–water partition coefficient (Wildman–Crippen LogP) is 5.52. The van der Waals surface area contributed by atoms with Crippen LogP contribution in [-0.4, -0.2) is 14.8 Å². The highest BCUT2D eigenvalue weighted by molar-refractivity contribution is 6.08. The Morgan fingerprint density at radius 1 is 0.778 bits per heavy atom. The average Bonchev–Trinajstić information content (AvgIpc) is 3.09. The summed E-state index contributed by atoms with van der Waals surface area (Å²) in [6.07, 6.45) is 1.75. The van der Waals surface area contributed by atoms with Crippen molar-refractivity contribution in [1.82, 2.24) is 14.8 Å². The zero-order valence-corrected chi connectivity index (χ0v) is 14.1. The van der Waals surface area contributed by atoms with E-state index in [1.807, 2.05) is 54.6 Å². The van der Waals surface area contributed by atoms with Gasteiger partial charge >= 0.3 is 0 Å². The maximum atomic E-state index is 14.6. The summed E-state index contributed by atoms with van der Waals surface area (Å²) in [4.78, 5) is 4.53. The Hall–Kier alpha value is -3.60. The minimum Gasteiger partial charge on any atom is -0.255 e. The lowest BCUT2D eigenvalue weighted by Crippen LogP contribution is -2.01. The zero-order valence-electron chi connectivity index (χ0n) is 14.1. The van der Waals surface area contributed by atoms with Crippen LogP contribution in [0.4, 0.5) is 8.78 Å². The second-order valence-corrected chi connectivity index (χ2v) is 6.26. The standard InChI is InChI=1S/C22H13F2N3/c23-15-10-11-20(18(24)12-15)27-22-16-8-4-5-9-19(16)25-13-17(22)21(26-27)14-6-2-1-3-7-14/h1-13H. The van der Waals surface area contributed by atoms with Gasteiger partial charge in [0.15, 0.2) is 5.82 Å². The molecule has 0 amide bonds. The lowest BCUT2D eigenvalue weighted by atomic mass is 10.1. The van der Waals surface area contributed by atoms with Crippen LogP contribution in [0.1, 0.15) is 0 Å². The number of para-hydroxylation sites is 1. The van der Waals surface area contributed by atoms with Crippen LogP contribution >= 0.6 is 0 Å². The van der Waals surface area contributed by atoms with Gasteiger partial charge in [0.2, 0.25) is 0 Å². The fourth-order valence-corrected chi connectivity index (χ4v) is 3.37. The minimum atomic E-state index is -0.667. The second-order valence-electron chi connectivity index (χ2n) is 6.26. The molecule has 0 atom stereocenters. The molecule has 0 aliphatic heterocycles. The van der Waals surface area contributed by atoms with E-state index < -0.39 is 11.6 Å². The molecule has 0 saturated heterocycles. The zero-order chi connectivity index (χ0) is 18.4. The van der Waals surface area contributed by atoms with Gasteiger partial charge in [-0.05, 0) is 18.2 Å². The molecule has 0 N–H and O–H groups in total. The summed E-state index contributed by atoms with van der Waals surface area (Å²) in [5.41, 5.74) is 3.33. The van der Waals surface area contributed by atoms with E-state index >= 15 is 0 Å². The molecule has 0 bridgehead atoms. The van der Waals surface area contributed by atoms with Crippen molar-refractivity contribution in [2.45, 2.75) is 0 Å². The van der Waals surface area contributed by atoms with Crippen molar-refractivity contribution >= 4 is 21.8 Å². The molecule has 2 heterocycles. The molecular formula is C22H13F2N3. The quantitative estimate of drug-likeness (QED) is 0.416. The molecule has 0 aliphatic rings. The molecule has 5 rings (SSSR count). The van der Waals surface area contributed by atoms with Gasteiger partial charge in [-0.15, -0.1) is 0 Å². The van der Waals surface area contributed by atoms with Gasteiger partial charge in [-0.3, -0.25) is 4.98 Å². The summed E-state index contributed by atoms with van der Waals surface area (Å²) >= 11 is 0. The summed E-state index contributed by atoms with van der Waals surface area (Å²) in [7, 11) is 0. The van der Waals surface area contributed by atoms with Gasteiger partial charge < -0.3 is 0 Å². The molecule has 0 spiro atoms. The highest BCUT2D eigenvalue weighted by Crippen LogP contribution is 2.34. The molecule has 0 radical (unpaired) electrons. The van der Waals surface area contributed by atoms with E-state index in [0.717, 1.165) is 33.4 Å². The molecule has 5 aromatic rings. The summed E-state index contributed by atoms with van der Waals surface area (Å²) < 4.78 is 29.5. The predicted molar refractivity (Wildman–Crippen MR) is 102 cm³/mol. The molecule has 3 aromatic carbocycles. The second kappa shape index (κ2) is 5.99. The van der Waals surface area contributed by atoms with Gasteiger partial charge in [0.1, 0.15) is 17.2 Å². The van der Waals surface area contributed by atoms with E-state index in [1.54, 1.807) is 6.20 Å². The number of aromatic nitrogens is 3. The van der Waals surface area contributed by atoms with Crippen LogP contribution in [-0.2, 0) is 0 Å². The molecule has 5 heteroatoms. The summed E-state index contributed by atoms with van der Waals surface area (Å²) in [5, 5.41) is 6.35. The van der Waals surface area contributed by atoms with Crippen LogP contribution in [0.3, 0.4) is 0 Å². The number of hydrogen-bond donors (Lipinski definition) is 0. The lowest BCUT2D eigenvalue weighted by molar-refractivity contribution is 0.575. The first-order valence-electron chi connectivity index (χ1n) is 8.50. The van der Waals surface area contributed by atoms with E-state index in [2.05, 4.69) is 10.1 Å². The van der Waals surface area contributed by atoms with Gasteiger partial charge in [0.25, 0.3) is 0 Å². The molecule has 0 fully saturated rings. The van der Waals surface area contributed by atoms with Gasteiger partial charge in [0, 0.05) is 28.6 Å². The third kappa shape index (κ3) is 2.47. The van der Waals surface area contributed by atoms with Gasteiger partial charge in [0.05, 0.1) is 11.0 Å². The van der Waals surface area contributed by atoms with Gasteiger partial charge in [-0.25, -0.2) is 13.5 Å². The topological polar surface area (TPSA) is 30.7 Å².